The number of ether oxygens (including phenoxy) is 1. The van der Waals surface area contributed by atoms with Gasteiger partial charge in [0.05, 0.1) is 0 Å². The van der Waals surface area contributed by atoms with Crippen molar-refractivity contribution >= 4 is 35.0 Å². The SMILES string of the molecule is CCc1ccc(OCC(=O)N(Cc2c(Cl)cccc2Cl)[C@H](Cc2ccccc2)C(=O)NCC(C)C)cc1. The van der Waals surface area contributed by atoms with Crippen molar-refractivity contribution in [2.45, 2.75) is 46.2 Å². The fourth-order valence-corrected chi connectivity index (χ4v) is 4.40. The molecule has 0 radical (unpaired) electrons. The second-order valence-electron chi connectivity index (χ2n) is 9.35. The molecule has 37 heavy (non-hydrogen) atoms. The van der Waals surface area contributed by atoms with Gasteiger partial charge in [-0.05, 0) is 47.7 Å². The van der Waals surface area contributed by atoms with E-state index in [1.807, 2.05) is 68.4 Å². The molecule has 7 heteroatoms. The summed E-state index contributed by atoms with van der Waals surface area (Å²) in [5, 5.41) is 3.87. The highest BCUT2D eigenvalue weighted by Crippen LogP contribution is 2.27. The van der Waals surface area contributed by atoms with E-state index in [1.54, 1.807) is 18.2 Å². The van der Waals surface area contributed by atoms with Crippen LogP contribution in [-0.2, 0) is 29.0 Å². The first-order valence-corrected chi connectivity index (χ1v) is 13.3. The van der Waals surface area contributed by atoms with Crippen LogP contribution in [0.3, 0.4) is 0 Å². The van der Waals surface area contributed by atoms with Crippen LogP contribution >= 0.6 is 23.2 Å². The molecule has 0 spiro atoms. The van der Waals surface area contributed by atoms with Gasteiger partial charge in [-0.25, -0.2) is 0 Å². The summed E-state index contributed by atoms with van der Waals surface area (Å²) >= 11 is 12.9. The molecule has 0 heterocycles. The Morgan fingerprint density at radius 1 is 0.892 bits per heavy atom. The number of rotatable bonds is 12. The Kier molecular flexibility index (Phi) is 10.8. The normalized spacial score (nSPS) is 11.7. The summed E-state index contributed by atoms with van der Waals surface area (Å²) in [5.41, 5.74) is 2.70. The number of carbonyl (C=O) groups excluding carboxylic acids is 2. The molecular formula is C30H34Cl2N2O3. The van der Waals surface area contributed by atoms with Crippen LogP contribution in [0.5, 0.6) is 5.75 Å². The van der Waals surface area contributed by atoms with Gasteiger partial charge >= 0.3 is 0 Å². The molecule has 1 N–H and O–H groups in total. The molecule has 3 aromatic carbocycles. The zero-order valence-corrected chi connectivity index (χ0v) is 23.1. The van der Waals surface area contributed by atoms with Crippen molar-refractivity contribution in [1.82, 2.24) is 10.2 Å². The van der Waals surface area contributed by atoms with Gasteiger partial charge in [0, 0.05) is 35.1 Å². The third kappa shape index (κ3) is 8.51. The summed E-state index contributed by atoms with van der Waals surface area (Å²) < 4.78 is 5.84. The van der Waals surface area contributed by atoms with E-state index in [0.717, 1.165) is 12.0 Å². The van der Waals surface area contributed by atoms with Crippen LogP contribution in [0, 0.1) is 5.92 Å². The van der Waals surface area contributed by atoms with Gasteiger partial charge in [0.25, 0.3) is 5.91 Å². The Bertz CT molecular complexity index is 1150. The van der Waals surface area contributed by atoms with Gasteiger partial charge in [-0.1, -0.05) is 92.5 Å². The van der Waals surface area contributed by atoms with Crippen molar-refractivity contribution in [3.63, 3.8) is 0 Å². The minimum absolute atomic E-state index is 0.0715. The Morgan fingerprint density at radius 2 is 1.54 bits per heavy atom. The summed E-state index contributed by atoms with van der Waals surface area (Å²) in [7, 11) is 0. The van der Waals surface area contributed by atoms with Gasteiger partial charge in [-0.2, -0.15) is 0 Å². The van der Waals surface area contributed by atoms with Crippen molar-refractivity contribution in [1.29, 1.82) is 0 Å². The van der Waals surface area contributed by atoms with Crippen LogP contribution in [0.4, 0.5) is 0 Å². The van der Waals surface area contributed by atoms with E-state index in [2.05, 4.69) is 12.2 Å². The van der Waals surface area contributed by atoms with Crippen molar-refractivity contribution in [2.24, 2.45) is 5.92 Å². The van der Waals surface area contributed by atoms with Gasteiger partial charge in [-0.3, -0.25) is 9.59 Å². The third-order valence-electron chi connectivity index (χ3n) is 6.04. The number of carbonyl (C=O) groups is 2. The Labute approximate surface area is 229 Å². The van der Waals surface area contributed by atoms with Crippen molar-refractivity contribution in [3.05, 3.63) is 99.5 Å². The first-order chi connectivity index (χ1) is 17.8. The topological polar surface area (TPSA) is 58.6 Å². The molecule has 2 amide bonds. The number of hydrogen-bond donors (Lipinski definition) is 1. The fraction of sp³-hybridized carbons (Fsp3) is 0.333. The molecule has 5 nitrogen and oxygen atoms in total. The van der Waals surface area contributed by atoms with E-state index in [1.165, 1.54) is 10.5 Å². The largest absolute Gasteiger partial charge is 0.484 e. The Balaban J connectivity index is 1.93. The number of nitrogens with zero attached hydrogens (tertiary/aromatic N) is 1. The molecule has 3 rings (SSSR count). The summed E-state index contributed by atoms with van der Waals surface area (Å²) in [5.74, 6) is 0.278. The molecule has 0 saturated heterocycles. The summed E-state index contributed by atoms with van der Waals surface area (Å²) in [6, 6.07) is 21.7. The molecule has 196 valence electrons. The Morgan fingerprint density at radius 3 is 2.14 bits per heavy atom. The van der Waals surface area contributed by atoms with E-state index in [4.69, 9.17) is 27.9 Å². The molecular weight excluding hydrogens is 507 g/mol. The van der Waals surface area contributed by atoms with E-state index in [-0.39, 0.29) is 30.9 Å². The average Bonchev–Trinajstić information content (AvgIpc) is 2.90. The maximum absolute atomic E-state index is 13.7. The molecule has 3 aromatic rings. The van der Waals surface area contributed by atoms with Gasteiger partial charge in [0.2, 0.25) is 5.91 Å². The second kappa shape index (κ2) is 14.1. The highest BCUT2D eigenvalue weighted by atomic mass is 35.5. The quantitative estimate of drug-likeness (QED) is 0.291. The van der Waals surface area contributed by atoms with E-state index in [0.29, 0.717) is 34.3 Å². The predicted octanol–water partition coefficient (Wildman–Crippen LogP) is 6.35. The van der Waals surface area contributed by atoms with Gasteiger partial charge in [0.1, 0.15) is 11.8 Å². The van der Waals surface area contributed by atoms with E-state index in [9.17, 15) is 9.59 Å². The first kappa shape index (κ1) is 28.5. The van der Waals surface area contributed by atoms with E-state index < -0.39 is 6.04 Å². The van der Waals surface area contributed by atoms with Crippen molar-refractivity contribution < 1.29 is 14.3 Å². The molecule has 0 bridgehead atoms. The van der Waals surface area contributed by atoms with Crippen LogP contribution in [-0.4, -0.2) is 35.9 Å². The number of benzene rings is 3. The fourth-order valence-electron chi connectivity index (χ4n) is 3.88. The number of amides is 2. The highest BCUT2D eigenvalue weighted by molar-refractivity contribution is 6.36. The number of halogens is 2. The van der Waals surface area contributed by atoms with Crippen LogP contribution < -0.4 is 10.1 Å². The maximum atomic E-state index is 13.7. The molecule has 0 fully saturated rings. The lowest BCUT2D eigenvalue weighted by atomic mass is 10.0. The molecule has 0 aliphatic rings. The van der Waals surface area contributed by atoms with Gasteiger partial charge in [-0.15, -0.1) is 0 Å². The van der Waals surface area contributed by atoms with Gasteiger partial charge < -0.3 is 15.0 Å². The number of aryl methyl sites for hydroxylation is 1. The zero-order chi connectivity index (χ0) is 26.8. The van der Waals surface area contributed by atoms with Crippen LogP contribution in [0.2, 0.25) is 10.0 Å². The maximum Gasteiger partial charge on any atom is 0.261 e. The lowest BCUT2D eigenvalue weighted by Crippen LogP contribution is -2.52. The number of hydrogen-bond acceptors (Lipinski definition) is 3. The highest BCUT2D eigenvalue weighted by Gasteiger charge is 2.31. The lowest BCUT2D eigenvalue weighted by Gasteiger charge is -2.32. The van der Waals surface area contributed by atoms with Crippen LogP contribution in [0.1, 0.15) is 37.5 Å². The summed E-state index contributed by atoms with van der Waals surface area (Å²) in [4.78, 5) is 28.7. The molecule has 0 aliphatic carbocycles. The average molecular weight is 542 g/mol. The predicted molar refractivity (Wildman–Crippen MR) is 150 cm³/mol. The monoisotopic (exact) mass is 540 g/mol. The summed E-state index contributed by atoms with van der Waals surface area (Å²) in [6.07, 6.45) is 1.25. The molecule has 0 unspecified atom stereocenters. The summed E-state index contributed by atoms with van der Waals surface area (Å²) in [6.45, 7) is 6.47. The molecule has 0 aliphatic heterocycles. The molecule has 1 atom stereocenters. The van der Waals surface area contributed by atoms with Crippen molar-refractivity contribution in [3.8, 4) is 5.75 Å². The molecule has 0 saturated carbocycles. The minimum atomic E-state index is -0.785. The lowest BCUT2D eigenvalue weighted by molar-refractivity contribution is -0.142. The smallest absolute Gasteiger partial charge is 0.261 e. The Hall–Kier alpha value is -3.02. The second-order valence-corrected chi connectivity index (χ2v) is 10.2. The van der Waals surface area contributed by atoms with Crippen LogP contribution in [0.15, 0.2) is 72.8 Å². The van der Waals surface area contributed by atoms with Crippen LogP contribution in [0.25, 0.3) is 0 Å². The number of nitrogens with one attached hydrogen (secondary N) is 1. The first-order valence-electron chi connectivity index (χ1n) is 12.5. The standard InChI is InChI=1S/C30H34Cl2N2O3/c1-4-22-13-15-24(16-14-22)37-20-29(35)34(19-25-26(31)11-8-12-27(25)32)28(30(36)33-18-21(2)3)17-23-9-6-5-7-10-23/h5-16,21,28H,4,17-20H2,1-3H3,(H,33,36)/t28-/m1/s1. The van der Waals surface area contributed by atoms with Crippen molar-refractivity contribution in [2.75, 3.05) is 13.2 Å². The van der Waals surface area contributed by atoms with Gasteiger partial charge in [0.15, 0.2) is 6.61 Å². The zero-order valence-electron chi connectivity index (χ0n) is 21.5. The third-order valence-corrected chi connectivity index (χ3v) is 6.75. The molecule has 0 aromatic heterocycles. The minimum Gasteiger partial charge on any atom is -0.484 e. The van der Waals surface area contributed by atoms with E-state index >= 15 is 0 Å².